The Balaban J connectivity index is 2.04. The Labute approximate surface area is 120 Å². The number of aryl methyl sites for hydroxylation is 2. The Morgan fingerprint density at radius 1 is 1.47 bits per heavy atom. The number of halogens is 1. The fourth-order valence-corrected chi connectivity index (χ4v) is 2.17. The summed E-state index contributed by atoms with van der Waals surface area (Å²) >= 11 is 3.25. The molecule has 0 aliphatic rings. The lowest BCUT2D eigenvalue weighted by atomic mass is 10.2. The third-order valence-electron chi connectivity index (χ3n) is 2.71. The second kappa shape index (κ2) is 5.97. The van der Waals surface area contributed by atoms with E-state index in [1.54, 1.807) is 22.9 Å². The predicted octanol–water partition coefficient (Wildman–Crippen LogP) is 2.07. The van der Waals surface area contributed by atoms with Crippen LogP contribution in [0.15, 0.2) is 29.0 Å². The van der Waals surface area contributed by atoms with Gasteiger partial charge in [0.2, 0.25) is 0 Å². The Kier molecular flexibility index (Phi) is 4.31. The summed E-state index contributed by atoms with van der Waals surface area (Å²) in [6.45, 7) is 2.51. The summed E-state index contributed by atoms with van der Waals surface area (Å²) in [5.74, 6) is -0.188. The van der Waals surface area contributed by atoms with Crippen molar-refractivity contribution in [3.05, 3.63) is 46.0 Å². The lowest BCUT2D eigenvalue weighted by Crippen LogP contribution is -2.24. The van der Waals surface area contributed by atoms with Crippen molar-refractivity contribution in [1.29, 1.82) is 0 Å². The molecule has 0 aliphatic heterocycles. The van der Waals surface area contributed by atoms with E-state index in [1.807, 2.05) is 20.2 Å². The highest BCUT2D eigenvalue weighted by atomic mass is 79.9. The van der Waals surface area contributed by atoms with Gasteiger partial charge < -0.3 is 5.32 Å². The Bertz CT molecular complexity index is 594. The van der Waals surface area contributed by atoms with Gasteiger partial charge in [-0.2, -0.15) is 5.10 Å². The quantitative estimate of drug-likeness (QED) is 0.876. The van der Waals surface area contributed by atoms with Crippen LogP contribution in [-0.2, 0) is 20.0 Å². The summed E-state index contributed by atoms with van der Waals surface area (Å²) in [6.07, 6.45) is 2.77. The van der Waals surface area contributed by atoms with Crippen molar-refractivity contribution in [3.8, 4) is 0 Å². The van der Waals surface area contributed by atoms with Gasteiger partial charge in [-0.25, -0.2) is 4.98 Å². The number of carbonyl (C=O) groups is 1. The SMILES string of the molecule is CCc1nn(C)cc1CNC(=O)c1cccc(Br)n1. The molecule has 0 atom stereocenters. The molecule has 1 amide bonds. The molecular weight excluding hydrogens is 308 g/mol. The van der Waals surface area contributed by atoms with E-state index in [0.29, 0.717) is 16.8 Å². The van der Waals surface area contributed by atoms with Crippen LogP contribution in [0.2, 0.25) is 0 Å². The number of hydrogen-bond acceptors (Lipinski definition) is 3. The van der Waals surface area contributed by atoms with Crippen LogP contribution in [0.5, 0.6) is 0 Å². The molecule has 0 fully saturated rings. The zero-order valence-electron chi connectivity index (χ0n) is 10.9. The van der Waals surface area contributed by atoms with Gasteiger partial charge in [-0.1, -0.05) is 13.0 Å². The summed E-state index contributed by atoms with van der Waals surface area (Å²) in [5.41, 5.74) is 2.44. The summed E-state index contributed by atoms with van der Waals surface area (Å²) in [4.78, 5) is 16.1. The molecule has 5 nitrogen and oxygen atoms in total. The number of amides is 1. The van der Waals surface area contributed by atoms with Crippen molar-refractivity contribution in [3.63, 3.8) is 0 Å². The summed E-state index contributed by atoms with van der Waals surface area (Å²) in [7, 11) is 1.88. The van der Waals surface area contributed by atoms with Crippen molar-refractivity contribution >= 4 is 21.8 Å². The maximum Gasteiger partial charge on any atom is 0.270 e. The van der Waals surface area contributed by atoms with E-state index in [9.17, 15) is 4.79 Å². The fraction of sp³-hybridized carbons (Fsp3) is 0.308. The van der Waals surface area contributed by atoms with Gasteiger partial charge >= 0.3 is 0 Å². The van der Waals surface area contributed by atoms with Gasteiger partial charge in [0, 0.05) is 25.4 Å². The Hall–Kier alpha value is -1.69. The highest BCUT2D eigenvalue weighted by Crippen LogP contribution is 2.08. The number of aromatic nitrogens is 3. The molecule has 0 aliphatic carbocycles. The first-order chi connectivity index (χ1) is 9.10. The van der Waals surface area contributed by atoms with E-state index in [0.717, 1.165) is 17.7 Å². The topological polar surface area (TPSA) is 59.8 Å². The fourth-order valence-electron chi connectivity index (χ4n) is 1.83. The van der Waals surface area contributed by atoms with Gasteiger partial charge in [-0.3, -0.25) is 9.48 Å². The molecule has 2 heterocycles. The van der Waals surface area contributed by atoms with Gasteiger partial charge in [0.15, 0.2) is 0 Å². The van der Waals surface area contributed by atoms with Gasteiger partial charge in [0.25, 0.3) is 5.91 Å². The maximum atomic E-state index is 12.0. The largest absolute Gasteiger partial charge is 0.346 e. The molecule has 0 saturated carbocycles. The molecule has 19 heavy (non-hydrogen) atoms. The van der Waals surface area contributed by atoms with Crippen LogP contribution in [0, 0.1) is 0 Å². The zero-order valence-corrected chi connectivity index (χ0v) is 12.4. The van der Waals surface area contributed by atoms with Crippen LogP contribution in [-0.4, -0.2) is 20.7 Å². The van der Waals surface area contributed by atoms with Crippen molar-refractivity contribution in [2.45, 2.75) is 19.9 Å². The van der Waals surface area contributed by atoms with Crippen LogP contribution in [0.4, 0.5) is 0 Å². The summed E-state index contributed by atoms with van der Waals surface area (Å²) < 4.78 is 2.41. The molecule has 0 spiro atoms. The molecule has 0 saturated heterocycles. The minimum atomic E-state index is -0.188. The number of carbonyl (C=O) groups excluding carboxylic acids is 1. The van der Waals surface area contributed by atoms with Gasteiger partial charge in [0.05, 0.1) is 5.69 Å². The molecule has 2 aromatic heterocycles. The lowest BCUT2D eigenvalue weighted by Gasteiger charge is -2.04. The third-order valence-corrected chi connectivity index (χ3v) is 3.16. The van der Waals surface area contributed by atoms with Crippen molar-refractivity contribution in [1.82, 2.24) is 20.1 Å². The normalized spacial score (nSPS) is 10.5. The third kappa shape index (κ3) is 3.41. The molecule has 6 heteroatoms. The van der Waals surface area contributed by atoms with Gasteiger partial charge in [0.1, 0.15) is 10.3 Å². The van der Waals surface area contributed by atoms with E-state index in [4.69, 9.17) is 0 Å². The molecular formula is C13H15BrN4O. The molecule has 2 aromatic rings. The van der Waals surface area contributed by atoms with Crippen LogP contribution >= 0.6 is 15.9 Å². The standard InChI is InChI=1S/C13H15BrN4O/c1-3-10-9(8-18(2)17-10)7-15-13(19)11-5-4-6-12(14)16-11/h4-6,8H,3,7H2,1-2H3,(H,15,19). The van der Waals surface area contributed by atoms with E-state index in [-0.39, 0.29) is 5.91 Å². The average molecular weight is 323 g/mol. The van der Waals surface area contributed by atoms with Crippen LogP contribution in [0.3, 0.4) is 0 Å². The number of pyridine rings is 1. The number of rotatable bonds is 4. The number of nitrogens with zero attached hydrogens (tertiary/aromatic N) is 3. The van der Waals surface area contributed by atoms with E-state index in [1.165, 1.54) is 0 Å². The van der Waals surface area contributed by atoms with Gasteiger partial charge in [-0.05, 0) is 34.5 Å². The number of hydrogen-bond donors (Lipinski definition) is 1. The second-order valence-electron chi connectivity index (χ2n) is 4.16. The second-order valence-corrected chi connectivity index (χ2v) is 4.97. The molecule has 0 bridgehead atoms. The van der Waals surface area contributed by atoms with E-state index in [2.05, 4.69) is 31.3 Å². The first-order valence-electron chi connectivity index (χ1n) is 6.02. The molecule has 2 rings (SSSR count). The molecule has 0 aromatic carbocycles. The number of nitrogens with one attached hydrogen (secondary N) is 1. The minimum absolute atomic E-state index is 0.188. The lowest BCUT2D eigenvalue weighted by molar-refractivity contribution is 0.0945. The van der Waals surface area contributed by atoms with E-state index < -0.39 is 0 Å². The Morgan fingerprint density at radius 2 is 2.26 bits per heavy atom. The molecule has 0 radical (unpaired) electrons. The highest BCUT2D eigenvalue weighted by molar-refractivity contribution is 9.10. The van der Waals surface area contributed by atoms with Crippen molar-refractivity contribution < 1.29 is 4.79 Å². The minimum Gasteiger partial charge on any atom is -0.346 e. The molecule has 0 unspecified atom stereocenters. The molecule has 100 valence electrons. The van der Waals surface area contributed by atoms with E-state index >= 15 is 0 Å². The monoisotopic (exact) mass is 322 g/mol. The van der Waals surface area contributed by atoms with Crippen LogP contribution < -0.4 is 5.32 Å². The van der Waals surface area contributed by atoms with Crippen LogP contribution in [0.25, 0.3) is 0 Å². The summed E-state index contributed by atoms with van der Waals surface area (Å²) in [6, 6.07) is 5.25. The van der Waals surface area contributed by atoms with Gasteiger partial charge in [-0.15, -0.1) is 0 Å². The summed E-state index contributed by atoms with van der Waals surface area (Å²) in [5, 5.41) is 7.19. The smallest absolute Gasteiger partial charge is 0.270 e. The first-order valence-corrected chi connectivity index (χ1v) is 6.81. The molecule has 1 N–H and O–H groups in total. The zero-order chi connectivity index (χ0) is 13.8. The first kappa shape index (κ1) is 13.7. The predicted molar refractivity (Wildman–Crippen MR) is 75.7 cm³/mol. The Morgan fingerprint density at radius 3 is 2.95 bits per heavy atom. The van der Waals surface area contributed by atoms with Crippen molar-refractivity contribution in [2.75, 3.05) is 0 Å². The highest BCUT2D eigenvalue weighted by Gasteiger charge is 2.10. The maximum absolute atomic E-state index is 12.0. The van der Waals surface area contributed by atoms with Crippen LogP contribution in [0.1, 0.15) is 28.7 Å². The average Bonchev–Trinajstić information content (AvgIpc) is 2.76. The van der Waals surface area contributed by atoms with Crippen molar-refractivity contribution in [2.24, 2.45) is 7.05 Å².